The third-order valence-corrected chi connectivity index (χ3v) is 7.92. The fraction of sp³-hybridized carbons (Fsp3) is 0.733. The zero-order valence-corrected chi connectivity index (χ0v) is 14.3. The first-order chi connectivity index (χ1) is 9.96. The highest BCUT2D eigenvalue weighted by molar-refractivity contribution is 7.91. The molecule has 0 spiro atoms. The topological polar surface area (TPSA) is 49.4 Å². The number of sulfonamides is 1. The molecule has 1 saturated heterocycles. The molecule has 3 rings (SSSR count). The Kier molecular flexibility index (Phi) is 4.41. The number of hydrogen-bond donors (Lipinski definition) is 1. The summed E-state index contributed by atoms with van der Waals surface area (Å²) in [5, 5.41) is 3.43. The predicted molar refractivity (Wildman–Crippen MR) is 85.9 cm³/mol. The van der Waals surface area contributed by atoms with Crippen LogP contribution in [-0.2, 0) is 16.6 Å². The molecule has 1 atom stereocenters. The Labute approximate surface area is 131 Å². The van der Waals surface area contributed by atoms with Crippen LogP contribution in [0, 0.1) is 11.8 Å². The summed E-state index contributed by atoms with van der Waals surface area (Å²) in [6, 6.07) is 4.37. The second-order valence-electron chi connectivity index (χ2n) is 6.53. The summed E-state index contributed by atoms with van der Waals surface area (Å²) in [7, 11) is -3.28. The van der Waals surface area contributed by atoms with Crippen LogP contribution in [0.1, 0.15) is 38.0 Å². The minimum absolute atomic E-state index is 0.496. The van der Waals surface area contributed by atoms with Crippen molar-refractivity contribution in [3.63, 3.8) is 0 Å². The van der Waals surface area contributed by atoms with E-state index in [0.717, 1.165) is 17.8 Å². The van der Waals surface area contributed by atoms with Crippen LogP contribution in [0.2, 0.25) is 0 Å². The van der Waals surface area contributed by atoms with E-state index < -0.39 is 10.0 Å². The van der Waals surface area contributed by atoms with Gasteiger partial charge in [0.15, 0.2) is 0 Å². The molecular formula is C15H24N2O2S2. The Bertz CT molecular complexity index is 591. The van der Waals surface area contributed by atoms with Crippen molar-refractivity contribution in [2.45, 2.75) is 49.9 Å². The first-order valence-corrected chi connectivity index (χ1v) is 10.0. The standard InChI is InChI=1S/C15H24N2O2S2/c1-11(2)12-7-8-17(10-12)21(18,19)15-6-5-14(20-15)9-16-13-3-4-13/h5-6,11-13,16H,3-4,7-10H2,1-2H3. The number of rotatable bonds is 6. The molecule has 1 N–H and O–H groups in total. The van der Waals surface area contributed by atoms with Gasteiger partial charge in [-0.1, -0.05) is 13.8 Å². The van der Waals surface area contributed by atoms with Gasteiger partial charge >= 0.3 is 0 Å². The summed E-state index contributed by atoms with van der Waals surface area (Å²) in [4.78, 5) is 1.11. The fourth-order valence-corrected chi connectivity index (χ4v) is 5.74. The van der Waals surface area contributed by atoms with Crippen molar-refractivity contribution in [3.8, 4) is 0 Å². The third kappa shape index (κ3) is 3.50. The first kappa shape index (κ1) is 15.5. The highest BCUT2D eigenvalue weighted by Gasteiger charge is 2.34. The first-order valence-electron chi connectivity index (χ1n) is 7.79. The van der Waals surface area contributed by atoms with Crippen LogP contribution in [0.4, 0.5) is 0 Å². The Morgan fingerprint density at radius 2 is 2.10 bits per heavy atom. The van der Waals surface area contributed by atoms with Crippen molar-refractivity contribution in [2.75, 3.05) is 13.1 Å². The Morgan fingerprint density at radius 1 is 1.33 bits per heavy atom. The van der Waals surface area contributed by atoms with E-state index in [1.165, 1.54) is 24.2 Å². The summed E-state index contributed by atoms with van der Waals surface area (Å²) in [5.41, 5.74) is 0. The summed E-state index contributed by atoms with van der Waals surface area (Å²) >= 11 is 1.41. The van der Waals surface area contributed by atoms with E-state index >= 15 is 0 Å². The second-order valence-corrected chi connectivity index (χ2v) is 9.86. The molecule has 1 aliphatic heterocycles. The second kappa shape index (κ2) is 5.99. The van der Waals surface area contributed by atoms with E-state index in [-0.39, 0.29) is 0 Å². The molecule has 21 heavy (non-hydrogen) atoms. The summed E-state index contributed by atoms with van der Waals surface area (Å²) in [6.45, 7) is 6.48. The van der Waals surface area contributed by atoms with Gasteiger partial charge in [0, 0.05) is 30.6 Å². The highest BCUT2D eigenvalue weighted by Crippen LogP contribution is 2.31. The summed E-state index contributed by atoms with van der Waals surface area (Å²) in [5.74, 6) is 1.04. The van der Waals surface area contributed by atoms with Gasteiger partial charge in [0.2, 0.25) is 0 Å². The fourth-order valence-electron chi connectivity index (χ4n) is 2.77. The van der Waals surface area contributed by atoms with Gasteiger partial charge in [-0.25, -0.2) is 8.42 Å². The van der Waals surface area contributed by atoms with Gasteiger partial charge in [0.05, 0.1) is 0 Å². The molecule has 2 heterocycles. The molecule has 6 heteroatoms. The van der Waals surface area contributed by atoms with E-state index in [0.29, 0.717) is 35.2 Å². The van der Waals surface area contributed by atoms with E-state index in [4.69, 9.17) is 0 Å². The number of nitrogens with zero attached hydrogens (tertiary/aromatic N) is 1. The van der Waals surface area contributed by atoms with Crippen LogP contribution < -0.4 is 5.32 Å². The van der Waals surface area contributed by atoms with Crippen LogP contribution in [0.15, 0.2) is 16.3 Å². The molecule has 1 aromatic heterocycles. The third-order valence-electron chi connectivity index (χ3n) is 4.50. The molecular weight excluding hydrogens is 304 g/mol. The smallest absolute Gasteiger partial charge is 0.252 e. The van der Waals surface area contributed by atoms with Gasteiger partial charge in [0.1, 0.15) is 4.21 Å². The monoisotopic (exact) mass is 328 g/mol. The molecule has 1 aliphatic carbocycles. The number of thiophene rings is 1. The van der Waals surface area contributed by atoms with Crippen LogP contribution in [0.25, 0.3) is 0 Å². The maximum Gasteiger partial charge on any atom is 0.252 e. The Hall–Kier alpha value is -0.430. The lowest BCUT2D eigenvalue weighted by atomic mass is 9.96. The van der Waals surface area contributed by atoms with Crippen molar-refractivity contribution in [1.82, 2.24) is 9.62 Å². The lowest BCUT2D eigenvalue weighted by Gasteiger charge is -2.17. The van der Waals surface area contributed by atoms with Gasteiger partial charge in [-0.2, -0.15) is 4.31 Å². The van der Waals surface area contributed by atoms with Crippen LogP contribution in [0.3, 0.4) is 0 Å². The normalized spacial score (nSPS) is 24.0. The van der Waals surface area contributed by atoms with Crippen LogP contribution in [0.5, 0.6) is 0 Å². The van der Waals surface area contributed by atoms with Crippen molar-refractivity contribution in [2.24, 2.45) is 11.8 Å². The SMILES string of the molecule is CC(C)C1CCN(S(=O)(=O)c2ccc(CNC3CC3)s2)C1. The van der Waals surface area contributed by atoms with Crippen molar-refractivity contribution >= 4 is 21.4 Å². The quantitative estimate of drug-likeness (QED) is 0.873. The minimum atomic E-state index is -3.28. The molecule has 0 aromatic carbocycles. The molecule has 0 radical (unpaired) electrons. The van der Waals surface area contributed by atoms with Crippen LogP contribution >= 0.6 is 11.3 Å². The maximum atomic E-state index is 12.7. The largest absolute Gasteiger partial charge is 0.309 e. The molecule has 1 unspecified atom stereocenters. The highest BCUT2D eigenvalue weighted by atomic mass is 32.2. The maximum absolute atomic E-state index is 12.7. The lowest BCUT2D eigenvalue weighted by Crippen LogP contribution is -2.28. The average Bonchev–Trinajstić information content (AvgIpc) is 2.96. The molecule has 1 aromatic rings. The Morgan fingerprint density at radius 3 is 2.71 bits per heavy atom. The van der Waals surface area contributed by atoms with Gasteiger partial charge in [0.25, 0.3) is 10.0 Å². The van der Waals surface area contributed by atoms with Gasteiger partial charge < -0.3 is 5.32 Å². The Balaban J connectivity index is 1.66. The van der Waals surface area contributed by atoms with Crippen molar-refractivity contribution in [1.29, 1.82) is 0 Å². The van der Waals surface area contributed by atoms with E-state index in [2.05, 4.69) is 19.2 Å². The molecule has 118 valence electrons. The van der Waals surface area contributed by atoms with Crippen LogP contribution in [-0.4, -0.2) is 31.9 Å². The zero-order valence-electron chi connectivity index (χ0n) is 12.7. The van der Waals surface area contributed by atoms with E-state index in [9.17, 15) is 8.42 Å². The number of nitrogens with one attached hydrogen (secondary N) is 1. The molecule has 2 aliphatic rings. The van der Waals surface area contributed by atoms with E-state index in [1.54, 1.807) is 10.4 Å². The summed E-state index contributed by atoms with van der Waals surface area (Å²) in [6.07, 6.45) is 3.49. The predicted octanol–water partition coefficient (Wildman–Crippen LogP) is 2.67. The lowest BCUT2D eigenvalue weighted by molar-refractivity contribution is 0.389. The molecule has 0 amide bonds. The molecule has 2 fully saturated rings. The average molecular weight is 329 g/mol. The number of hydrogen-bond acceptors (Lipinski definition) is 4. The van der Waals surface area contributed by atoms with Gasteiger partial charge in [-0.15, -0.1) is 11.3 Å². The van der Waals surface area contributed by atoms with Gasteiger partial charge in [-0.3, -0.25) is 0 Å². The van der Waals surface area contributed by atoms with Crippen molar-refractivity contribution in [3.05, 3.63) is 17.0 Å². The van der Waals surface area contributed by atoms with Gasteiger partial charge in [-0.05, 0) is 43.2 Å². The molecule has 1 saturated carbocycles. The zero-order chi connectivity index (χ0) is 15.0. The van der Waals surface area contributed by atoms with Crippen molar-refractivity contribution < 1.29 is 8.42 Å². The summed E-state index contributed by atoms with van der Waals surface area (Å²) < 4.78 is 27.5. The molecule has 4 nitrogen and oxygen atoms in total. The van der Waals surface area contributed by atoms with E-state index in [1.807, 2.05) is 6.07 Å². The molecule has 0 bridgehead atoms. The minimum Gasteiger partial charge on any atom is -0.309 e.